The van der Waals surface area contributed by atoms with E-state index < -0.39 is 5.25 Å². The zero-order valence-electron chi connectivity index (χ0n) is 17.8. The largest absolute Gasteiger partial charge is 0.497 e. The number of aliphatic imine (C=N–C) groups is 1. The van der Waals surface area contributed by atoms with Crippen LogP contribution in [0.5, 0.6) is 5.75 Å². The first kappa shape index (κ1) is 21.9. The molecule has 0 aromatic heterocycles. The van der Waals surface area contributed by atoms with Crippen LogP contribution in [0.3, 0.4) is 0 Å². The molecule has 0 saturated carbocycles. The highest BCUT2D eigenvalue weighted by atomic mass is 32.2. The third-order valence-electron chi connectivity index (χ3n) is 4.79. The third-order valence-corrected chi connectivity index (χ3v) is 5.97. The molecule has 6 nitrogen and oxygen atoms in total. The average molecular weight is 426 g/mol. The van der Waals surface area contributed by atoms with Crippen molar-refractivity contribution in [1.29, 1.82) is 0 Å². The Labute approximate surface area is 181 Å². The van der Waals surface area contributed by atoms with E-state index >= 15 is 0 Å². The molecule has 2 aromatic carbocycles. The molecule has 0 bridgehead atoms. The van der Waals surface area contributed by atoms with E-state index in [0.717, 1.165) is 34.7 Å². The van der Waals surface area contributed by atoms with Gasteiger partial charge in [-0.2, -0.15) is 0 Å². The van der Waals surface area contributed by atoms with Gasteiger partial charge in [0.25, 0.3) is 0 Å². The van der Waals surface area contributed by atoms with E-state index in [1.54, 1.807) is 12.0 Å². The number of methoxy groups -OCH3 is 1. The van der Waals surface area contributed by atoms with Crippen molar-refractivity contribution in [3.8, 4) is 5.75 Å². The van der Waals surface area contributed by atoms with E-state index in [-0.39, 0.29) is 18.2 Å². The Hall–Kier alpha value is -2.80. The molecule has 2 amide bonds. The van der Waals surface area contributed by atoms with Crippen molar-refractivity contribution < 1.29 is 14.3 Å². The first-order valence-corrected chi connectivity index (χ1v) is 10.9. The third kappa shape index (κ3) is 5.21. The Balaban J connectivity index is 1.72. The highest BCUT2D eigenvalue weighted by Gasteiger charge is 2.38. The number of thioether (sulfide) groups is 1. The summed E-state index contributed by atoms with van der Waals surface area (Å²) in [6.45, 7) is 6.57. The maximum absolute atomic E-state index is 12.9. The Morgan fingerprint density at radius 1 is 1.20 bits per heavy atom. The highest BCUT2D eigenvalue weighted by molar-refractivity contribution is 8.15. The molecule has 1 N–H and O–H groups in total. The van der Waals surface area contributed by atoms with Crippen LogP contribution in [0.15, 0.2) is 47.5 Å². The predicted molar refractivity (Wildman–Crippen MR) is 123 cm³/mol. The lowest BCUT2D eigenvalue weighted by molar-refractivity contribution is -0.128. The van der Waals surface area contributed by atoms with Crippen LogP contribution in [-0.4, -0.2) is 40.8 Å². The van der Waals surface area contributed by atoms with Gasteiger partial charge in [0.1, 0.15) is 11.0 Å². The van der Waals surface area contributed by atoms with Gasteiger partial charge in [-0.05, 0) is 56.2 Å². The molecule has 0 radical (unpaired) electrons. The van der Waals surface area contributed by atoms with Gasteiger partial charge < -0.3 is 10.1 Å². The van der Waals surface area contributed by atoms with Crippen LogP contribution in [0, 0.1) is 13.8 Å². The van der Waals surface area contributed by atoms with Gasteiger partial charge in [0.2, 0.25) is 11.8 Å². The number of amidine groups is 1. The molecule has 30 heavy (non-hydrogen) atoms. The molecule has 2 aromatic rings. The smallest absolute Gasteiger partial charge is 0.242 e. The van der Waals surface area contributed by atoms with E-state index in [0.29, 0.717) is 11.7 Å². The van der Waals surface area contributed by atoms with Crippen molar-refractivity contribution in [3.63, 3.8) is 0 Å². The number of nitrogens with zero attached hydrogens (tertiary/aromatic N) is 2. The van der Waals surface area contributed by atoms with Gasteiger partial charge in [0, 0.05) is 18.7 Å². The van der Waals surface area contributed by atoms with Crippen LogP contribution in [0.2, 0.25) is 0 Å². The zero-order valence-corrected chi connectivity index (χ0v) is 18.6. The van der Waals surface area contributed by atoms with Gasteiger partial charge >= 0.3 is 0 Å². The molecule has 1 saturated heterocycles. The number of aryl methyl sites for hydroxylation is 2. The summed E-state index contributed by atoms with van der Waals surface area (Å²) in [5, 5.41) is 3.09. The molecule has 3 rings (SSSR count). The molecular weight excluding hydrogens is 398 g/mol. The monoisotopic (exact) mass is 425 g/mol. The summed E-state index contributed by atoms with van der Waals surface area (Å²) in [7, 11) is 1.61. The van der Waals surface area contributed by atoms with Gasteiger partial charge in [0.05, 0.1) is 12.8 Å². The second-order valence-corrected chi connectivity index (χ2v) is 8.43. The topological polar surface area (TPSA) is 71.0 Å². The number of hydrogen-bond acceptors (Lipinski definition) is 5. The number of hydrogen-bond donors (Lipinski definition) is 1. The van der Waals surface area contributed by atoms with Gasteiger partial charge in [0.15, 0.2) is 5.17 Å². The Morgan fingerprint density at radius 2 is 1.93 bits per heavy atom. The fourth-order valence-electron chi connectivity index (χ4n) is 3.25. The maximum atomic E-state index is 12.9. The van der Waals surface area contributed by atoms with Crippen LogP contribution in [0.1, 0.15) is 30.9 Å². The molecular formula is C23H27N3O3S. The fraction of sp³-hybridized carbons (Fsp3) is 0.348. The van der Waals surface area contributed by atoms with Gasteiger partial charge in [-0.15, -0.1) is 0 Å². The van der Waals surface area contributed by atoms with Crippen LogP contribution < -0.4 is 10.1 Å². The maximum Gasteiger partial charge on any atom is 0.242 e. The van der Waals surface area contributed by atoms with Gasteiger partial charge in [-0.25, -0.2) is 4.99 Å². The molecule has 0 aliphatic carbocycles. The number of carbonyl (C=O) groups is 2. The van der Waals surface area contributed by atoms with Crippen molar-refractivity contribution in [1.82, 2.24) is 4.90 Å². The minimum Gasteiger partial charge on any atom is -0.497 e. The Bertz CT molecular complexity index is 957. The molecule has 1 fully saturated rings. The van der Waals surface area contributed by atoms with Crippen molar-refractivity contribution in [2.75, 3.05) is 19.0 Å². The predicted octanol–water partition coefficient (Wildman–Crippen LogP) is 4.68. The number of benzene rings is 2. The average Bonchev–Trinajstić information content (AvgIpc) is 3.00. The van der Waals surface area contributed by atoms with E-state index in [9.17, 15) is 9.59 Å². The summed E-state index contributed by atoms with van der Waals surface area (Å²) in [5.41, 5.74) is 3.66. The number of carbonyl (C=O) groups excluding carboxylic acids is 2. The standard InChI is InChI=1S/C23H27N3O3S/c1-5-12-26-22(28)20(14-21(27)25-19-11-6-15(2)13-16(19)3)30-23(26)24-17-7-9-18(29-4)10-8-17/h6-11,13,20H,5,12,14H2,1-4H3,(H,25,27)/t20-/m1/s1. The molecule has 7 heteroatoms. The summed E-state index contributed by atoms with van der Waals surface area (Å²) in [6.07, 6.45) is 0.925. The fourth-order valence-corrected chi connectivity index (χ4v) is 4.43. The van der Waals surface area contributed by atoms with Crippen LogP contribution in [0.4, 0.5) is 11.4 Å². The van der Waals surface area contributed by atoms with Crippen LogP contribution in [-0.2, 0) is 9.59 Å². The SMILES string of the molecule is CCCN1C(=O)[C@@H](CC(=O)Nc2ccc(C)cc2C)SC1=Nc1ccc(OC)cc1. The number of anilines is 1. The normalized spacial score (nSPS) is 17.5. The quantitative estimate of drug-likeness (QED) is 0.699. The molecule has 158 valence electrons. The summed E-state index contributed by atoms with van der Waals surface area (Å²) in [4.78, 5) is 31.9. The second kappa shape index (κ2) is 9.80. The lowest BCUT2D eigenvalue weighted by atomic mass is 10.1. The first-order valence-electron chi connectivity index (χ1n) is 9.99. The zero-order chi connectivity index (χ0) is 21.7. The number of amides is 2. The van der Waals surface area contributed by atoms with Crippen molar-refractivity contribution in [2.24, 2.45) is 4.99 Å². The molecule has 1 atom stereocenters. The number of rotatable bonds is 7. The molecule has 1 heterocycles. The highest BCUT2D eigenvalue weighted by Crippen LogP contribution is 2.32. The summed E-state index contributed by atoms with van der Waals surface area (Å²) in [5.74, 6) is 0.514. The molecule has 1 aliphatic heterocycles. The van der Waals surface area contributed by atoms with Crippen molar-refractivity contribution in [3.05, 3.63) is 53.6 Å². The first-order chi connectivity index (χ1) is 14.4. The van der Waals surface area contributed by atoms with Crippen molar-refractivity contribution in [2.45, 2.75) is 38.9 Å². The Kier molecular flexibility index (Phi) is 7.15. The molecule has 0 spiro atoms. The summed E-state index contributed by atoms with van der Waals surface area (Å²) < 4.78 is 5.18. The van der Waals surface area contributed by atoms with Crippen LogP contribution >= 0.6 is 11.8 Å². The minimum atomic E-state index is -0.473. The lowest BCUT2D eigenvalue weighted by Gasteiger charge is -2.15. The van der Waals surface area contributed by atoms with E-state index in [4.69, 9.17) is 4.74 Å². The van der Waals surface area contributed by atoms with E-state index in [1.807, 2.05) is 63.2 Å². The lowest BCUT2D eigenvalue weighted by Crippen LogP contribution is -2.34. The number of nitrogens with one attached hydrogen (secondary N) is 1. The molecule has 0 unspecified atom stereocenters. The summed E-state index contributed by atoms with van der Waals surface area (Å²) >= 11 is 1.35. The minimum absolute atomic E-state index is 0.0649. The van der Waals surface area contributed by atoms with Crippen LogP contribution in [0.25, 0.3) is 0 Å². The van der Waals surface area contributed by atoms with E-state index in [1.165, 1.54) is 11.8 Å². The second-order valence-electron chi connectivity index (χ2n) is 7.26. The van der Waals surface area contributed by atoms with E-state index in [2.05, 4.69) is 10.3 Å². The molecule has 1 aliphatic rings. The number of ether oxygens (including phenoxy) is 1. The van der Waals surface area contributed by atoms with Gasteiger partial charge in [-0.3, -0.25) is 14.5 Å². The van der Waals surface area contributed by atoms with Crippen molar-refractivity contribution >= 4 is 40.1 Å². The van der Waals surface area contributed by atoms with Gasteiger partial charge in [-0.1, -0.05) is 36.4 Å². The Morgan fingerprint density at radius 3 is 2.57 bits per heavy atom. The summed E-state index contributed by atoms with van der Waals surface area (Å²) in [6, 6.07) is 13.2.